The molecule has 1 heterocycles. The lowest BCUT2D eigenvalue weighted by molar-refractivity contribution is -0.133. The third kappa shape index (κ3) is 5.07. The van der Waals surface area contributed by atoms with Gasteiger partial charge in [-0.3, -0.25) is 9.59 Å². The second-order valence-corrected chi connectivity index (χ2v) is 6.38. The first kappa shape index (κ1) is 19.9. The Morgan fingerprint density at radius 1 is 1.12 bits per heavy atom. The maximum atomic E-state index is 12.5. The van der Waals surface area contributed by atoms with Crippen molar-refractivity contribution >= 4 is 24.2 Å². The van der Waals surface area contributed by atoms with Crippen molar-refractivity contribution in [2.24, 2.45) is 5.73 Å². The van der Waals surface area contributed by atoms with Crippen LogP contribution in [0.5, 0.6) is 0 Å². The summed E-state index contributed by atoms with van der Waals surface area (Å²) >= 11 is 0. The number of benzene rings is 2. The van der Waals surface area contributed by atoms with Gasteiger partial charge in [-0.15, -0.1) is 12.4 Å². The largest absolute Gasteiger partial charge is 0.344 e. The molecule has 2 unspecified atom stereocenters. The lowest BCUT2D eigenvalue weighted by Gasteiger charge is -2.18. The Kier molecular flexibility index (Phi) is 7.18. The van der Waals surface area contributed by atoms with E-state index in [0.29, 0.717) is 19.5 Å². The van der Waals surface area contributed by atoms with Crippen molar-refractivity contribution in [3.05, 3.63) is 71.8 Å². The molecule has 2 aromatic carbocycles. The van der Waals surface area contributed by atoms with E-state index in [1.807, 2.05) is 60.7 Å². The van der Waals surface area contributed by atoms with Crippen molar-refractivity contribution in [1.82, 2.24) is 10.2 Å². The fourth-order valence-electron chi connectivity index (χ4n) is 3.10. The summed E-state index contributed by atoms with van der Waals surface area (Å²) in [5.41, 5.74) is 8.09. The fourth-order valence-corrected chi connectivity index (χ4v) is 3.10. The van der Waals surface area contributed by atoms with Crippen LogP contribution >= 0.6 is 12.4 Å². The molecular formula is C20H24ClN3O2. The van der Waals surface area contributed by atoms with Crippen LogP contribution in [0.25, 0.3) is 0 Å². The molecule has 0 radical (unpaired) electrons. The second-order valence-electron chi connectivity index (χ2n) is 6.38. The van der Waals surface area contributed by atoms with Gasteiger partial charge in [0.2, 0.25) is 11.8 Å². The summed E-state index contributed by atoms with van der Waals surface area (Å²) < 4.78 is 0. The van der Waals surface area contributed by atoms with E-state index in [9.17, 15) is 9.59 Å². The number of hydrogen-bond donors (Lipinski definition) is 2. The second kappa shape index (κ2) is 9.36. The Labute approximate surface area is 160 Å². The highest BCUT2D eigenvalue weighted by molar-refractivity contribution is 5.89. The molecule has 2 atom stereocenters. The molecule has 0 saturated carbocycles. The smallest absolute Gasteiger partial charge is 0.245 e. The first-order valence-corrected chi connectivity index (χ1v) is 8.56. The molecule has 5 nitrogen and oxygen atoms in total. The minimum absolute atomic E-state index is 0. The first-order chi connectivity index (χ1) is 12.1. The summed E-state index contributed by atoms with van der Waals surface area (Å²) in [6, 6.07) is 18.6. The average Bonchev–Trinajstić information content (AvgIpc) is 2.96. The third-order valence-electron chi connectivity index (χ3n) is 4.48. The predicted molar refractivity (Wildman–Crippen MR) is 104 cm³/mol. The highest BCUT2D eigenvalue weighted by Gasteiger charge is 2.32. The Balaban J connectivity index is 0.00000243. The van der Waals surface area contributed by atoms with Gasteiger partial charge in [-0.2, -0.15) is 0 Å². The van der Waals surface area contributed by atoms with Crippen molar-refractivity contribution in [2.75, 3.05) is 6.54 Å². The van der Waals surface area contributed by atoms with Gasteiger partial charge < -0.3 is 16.0 Å². The standard InChI is InChI=1S/C20H23N3O2.ClH/c21-17(16-9-5-2-6-10-16)13-19(24)22-18-11-12-23(20(18)25)14-15-7-3-1-4-8-15;/h1-10,17-18H,11-14,21H2,(H,22,24);1H. The number of rotatable bonds is 6. The monoisotopic (exact) mass is 373 g/mol. The summed E-state index contributed by atoms with van der Waals surface area (Å²) in [6.45, 7) is 1.24. The number of likely N-dealkylation sites (tertiary alicyclic amines) is 1. The van der Waals surface area contributed by atoms with Gasteiger partial charge in [0.05, 0.1) is 0 Å². The van der Waals surface area contributed by atoms with Crippen LogP contribution in [0.15, 0.2) is 60.7 Å². The predicted octanol–water partition coefficient (Wildman–Crippen LogP) is 2.42. The zero-order chi connectivity index (χ0) is 17.6. The Morgan fingerprint density at radius 2 is 1.73 bits per heavy atom. The fraction of sp³-hybridized carbons (Fsp3) is 0.300. The summed E-state index contributed by atoms with van der Waals surface area (Å²) in [5, 5.41) is 2.83. The molecule has 2 amide bonds. The number of nitrogens with two attached hydrogens (primary N) is 1. The number of nitrogens with zero attached hydrogens (tertiary/aromatic N) is 1. The molecule has 3 N–H and O–H groups in total. The number of halogens is 1. The van der Waals surface area contributed by atoms with Crippen molar-refractivity contribution in [2.45, 2.75) is 31.5 Å². The van der Waals surface area contributed by atoms with Gasteiger partial charge in [-0.1, -0.05) is 60.7 Å². The molecule has 0 aromatic heterocycles. The molecule has 0 spiro atoms. The minimum atomic E-state index is -0.445. The van der Waals surface area contributed by atoms with Crippen molar-refractivity contribution in [1.29, 1.82) is 0 Å². The van der Waals surface area contributed by atoms with Gasteiger partial charge in [0.1, 0.15) is 6.04 Å². The van der Waals surface area contributed by atoms with E-state index < -0.39 is 6.04 Å². The summed E-state index contributed by atoms with van der Waals surface area (Å²) in [4.78, 5) is 26.5. The van der Waals surface area contributed by atoms with E-state index >= 15 is 0 Å². The number of carbonyl (C=O) groups is 2. The molecule has 2 aromatic rings. The van der Waals surface area contributed by atoms with Crippen LogP contribution < -0.4 is 11.1 Å². The van der Waals surface area contributed by atoms with Gasteiger partial charge in [-0.05, 0) is 17.5 Å². The molecule has 0 aliphatic carbocycles. The van der Waals surface area contributed by atoms with E-state index in [2.05, 4.69) is 5.32 Å². The van der Waals surface area contributed by atoms with Gasteiger partial charge in [-0.25, -0.2) is 0 Å². The van der Waals surface area contributed by atoms with E-state index in [-0.39, 0.29) is 36.7 Å². The highest BCUT2D eigenvalue weighted by atomic mass is 35.5. The zero-order valence-electron chi connectivity index (χ0n) is 14.5. The Bertz CT molecular complexity index is 724. The maximum absolute atomic E-state index is 12.5. The van der Waals surface area contributed by atoms with E-state index in [1.54, 1.807) is 4.90 Å². The molecule has 1 aliphatic rings. The van der Waals surface area contributed by atoms with E-state index in [0.717, 1.165) is 11.1 Å². The summed E-state index contributed by atoms with van der Waals surface area (Å²) in [5.74, 6) is -0.207. The van der Waals surface area contributed by atoms with Crippen molar-refractivity contribution in [3.63, 3.8) is 0 Å². The molecule has 1 saturated heterocycles. The van der Waals surface area contributed by atoms with Crippen molar-refractivity contribution < 1.29 is 9.59 Å². The maximum Gasteiger partial charge on any atom is 0.245 e. The van der Waals surface area contributed by atoms with Gasteiger partial charge in [0.15, 0.2) is 0 Å². The van der Waals surface area contributed by atoms with E-state index in [1.165, 1.54) is 0 Å². The van der Waals surface area contributed by atoms with Crippen LogP contribution in [0.2, 0.25) is 0 Å². The number of carbonyl (C=O) groups excluding carboxylic acids is 2. The van der Waals surface area contributed by atoms with Crippen LogP contribution in [0.4, 0.5) is 0 Å². The molecule has 1 aliphatic heterocycles. The van der Waals surface area contributed by atoms with E-state index in [4.69, 9.17) is 5.73 Å². The normalized spacial score (nSPS) is 17.5. The topological polar surface area (TPSA) is 75.4 Å². The quantitative estimate of drug-likeness (QED) is 0.816. The van der Waals surface area contributed by atoms with Gasteiger partial charge in [0.25, 0.3) is 0 Å². The zero-order valence-corrected chi connectivity index (χ0v) is 15.3. The van der Waals surface area contributed by atoms with Crippen molar-refractivity contribution in [3.8, 4) is 0 Å². The molecule has 6 heteroatoms. The van der Waals surface area contributed by atoms with Crippen LogP contribution in [0.3, 0.4) is 0 Å². The highest BCUT2D eigenvalue weighted by Crippen LogP contribution is 2.17. The average molecular weight is 374 g/mol. The van der Waals surface area contributed by atoms with Crippen LogP contribution in [0, 0.1) is 0 Å². The van der Waals surface area contributed by atoms with Crippen LogP contribution in [-0.4, -0.2) is 29.3 Å². The molecular weight excluding hydrogens is 350 g/mol. The Morgan fingerprint density at radius 3 is 2.38 bits per heavy atom. The molecule has 1 fully saturated rings. The Hall–Kier alpha value is -2.37. The molecule has 26 heavy (non-hydrogen) atoms. The SMILES string of the molecule is Cl.NC(CC(=O)NC1CCN(Cc2ccccc2)C1=O)c1ccccc1. The number of amides is 2. The van der Waals surface area contributed by atoms with Gasteiger partial charge >= 0.3 is 0 Å². The molecule has 0 bridgehead atoms. The number of hydrogen-bond acceptors (Lipinski definition) is 3. The van der Waals surface area contributed by atoms with Crippen LogP contribution in [-0.2, 0) is 16.1 Å². The lowest BCUT2D eigenvalue weighted by atomic mass is 10.0. The summed E-state index contributed by atoms with van der Waals surface area (Å²) in [6.07, 6.45) is 0.810. The lowest BCUT2D eigenvalue weighted by Crippen LogP contribution is -2.42. The first-order valence-electron chi connectivity index (χ1n) is 8.56. The number of nitrogens with one attached hydrogen (secondary N) is 1. The van der Waals surface area contributed by atoms with Crippen LogP contribution in [0.1, 0.15) is 30.0 Å². The minimum Gasteiger partial charge on any atom is -0.344 e. The van der Waals surface area contributed by atoms with Gasteiger partial charge in [0, 0.05) is 25.6 Å². The molecule has 3 rings (SSSR count). The molecule has 138 valence electrons. The summed E-state index contributed by atoms with van der Waals surface area (Å²) in [7, 11) is 0. The third-order valence-corrected chi connectivity index (χ3v) is 4.48.